The Bertz CT molecular complexity index is 432. The average Bonchev–Trinajstić information content (AvgIpc) is 2.29. The fraction of sp³-hybridized carbons (Fsp3) is 0.467. The Kier molecular flexibility index (Phi) is 5.10. The number of nitrogens with zero attached hydrogens (tertiary/aromatic N) is 1. The summed E-state index contributed by atoms with van der Waals surface area (Å²) in [5, 5.41) is 0. The second-order valence-corrected chi connectivity index (χ2v) is 5.42. The van der Waals surface area contributed by atoms with Crippen molar-refractivity contribution in [3.63, 3.8) is 0 Å². The van der Waals surface area contributed by atoms with Crippen LogP contribution in [0.3, 0.4) is 0 Å². The molecule has 0 aliphatic heterocycles. The molecule has 1 aromatic carbocycles. The number of carbonyl (C=O) groups is 2. The number of aryl methyl sites for hydroxylation is 1. The molecule has 0 aliphatic rings. The van der Waals surface area contributed by atoms with Crippen molar-refractivity contribution in [2.24, 2.45) is 0 Å². The highest BCUT2D eigenvalue weighted by Crippen LogP contribution is 2.19. The van der Waals surface area contributed by atoms with Gasteiger partial charge in [-0.25, -0.2) is 4.79 Å². The first-order valence-electron chi connectivity index (χ1n) is 6.34. The fourth-order valence-electron chi connectivity index (χ4n) is 1.55. The van der Waals surface area contributed by atoms with Gasteiger partial charge in [0, 0.05) is 18.7 Å². The first-order valence-corrected chi connectivity index (χ1v) is 6.34. The monoisotopic (exact) mass is 263 g/mol. The zero-order valence-corrected chi connectivity index (χ0v) is 12.0. The molecule has 4 nitrogen and oxygen atoms in total. The van der Waals surface area contributed by atoms with Crippen molar-refractivity contribution in [2.75, 3.05) is 11.4 Å². The highest BCUT2D eigenvalue weighted by Gasteiger charge is 2.22. The first kappa shape index (κ1) is 15.2. The Morgan fingerprint density at radius 2 is 1.84 bits per heavy atom. The lowest BCUT2D eigenvalue weighted by Crippen LogP contribution is -2.37. The zero-order chi connectivity index (χ0) is 14.5. The van der Waals surface area contributed by atoms with E-state index in [1.807, 2.05) is 52.0 Å². The van der Waals surface area contributed by atoms with E-state index in [-0.39, 0.29) is 6.42 Å². The molecule has 0 radical (unpaired) electrons. The van der Waals surface area contributed by atoms with Crippen LogP contribution in [0.5, 0.6) is 0 Å². The first-order chi connectivity index (χ1) is 8.83. The summed E-state index contributed by atoms with van der Waals surface area (Å²) in [6.45, 7) is 7.75. The van der Waals surface area contributed by atoms with E-state index in [1.165, 1.54) is 4.90 Å². The lowest BCUT2D eigenvalue weighted by atomic mass is 10.2. The second kappa shape index (κ2) is 6.36. The third kappa shape index (κ3) is 5.12. The van der Waals surface area contributed by atoms with Gasteiger partial charge in [-0.05, 0) is 39.8 Å². The molecule has 104 valence electrons. The SMILES string of the molecule is Cc1ccc(N(CCC=O)C(=O)OC(C)(C)C)cc1. The number of hydrogen-bond acceptors (Lipinski definition) is 3. The summed E-state index contributed by atoms with van der Waals surface area (Å²) in [7, 11) is 0. The van der Waals surface area contributed by atoms with Crippen molar-refractivity contribution >= 4 is 18.1 Å². The Labute approximate surface area is 114 Å². The van der Waals surface area contributed by atoms with E-state index in [4.69, 9.17) is 4.74 Å². The summed E-state index contributed by atoms with van der Waals surface area (Å²) in [4.78, 5) is 24.1. The maximum atomic E-state index is 12.1. The Balaban J connectivity index is 2.90. The second-order valence-electron chi connectivity index (χ2n) is 5.42. The van der Waals surface area contributed by atoms with Gasteiger partial charge >= 0.3 is 6.09 Å². The van der Waals surface area contributed by atoms with Crippen LogP contribution in [0.15, 0.2) is 24.3 Å². The minimum Gasteiger partial charge on any atom is -0.443 e. The Hall–Kier alpha value is -1.84. The van der Waals surface area contributed by atoms with Gasteiger partial charge in [0.1, 0.15) is 11.9 Å². The average molecular weight is 263 g/mol. The van der Waals surface area contributed by atoms with Gasteiger partial charge in [0.2, 0.25) is 0 Å². The number of benzene rings is 1. The van der Waals surface area contributed by atoms with Crippen LogP contribution in [0.1, 0.15) is 32.8 Å². The number of amides is 1. The molecule has 19 heavy (non-hydrogen) atoms. The standard InChI is InChI=1S/C15H21NO3/c1-12-6-8-13(9-7-12)16(10-5-11-17)14(18)19-15(2,3)4/h6-9,11H,5,10H2,1-4H3. The van der Waals surface area contributed by atoms with Crippen LogP contribution in [0.2, 0.25) is 0 Å². The molecule has 0 spiro atoms. The van der Waals surface area contributed by atoms with Crippen LogP contribution < -0.4 is 4.90 Å². The van der Waals surface area contributed by atoms with Gasteiger partial charge < -0.3 is 9.53 Å². The molecular weight excluding hydrogens is 242 g/mol. The zero-order valence-electron chi connectivity index (χ0n) is 12.0. The lowest BCUT2D eigenvalue weighted by Gasteiger charge is -2.27. The van der Waals surface area contributed by atoms with E-state index in [2.05, 4.69) is 0 Å². The van der Waals surface area contributed by atoms with E-state index in [9.17, 15) is 9.59 Å². The van der Waals surface area contributed by atoms with E-state index < -0.39 is 11.7 Å². The summed E-state index contributed by atoms with van der Waals surface area (Å²) in [5.41, 5.74) is 1.30. The van der Waals surface area contributed by atoms with Crippen molar-refractivity contribution in [1.29, 1.82) is 0 Å². The van der Waals surface area contributed by atoms with Gasteiger partial charge in [-0.15, -0.1) is 0 Å². The smallest absolute Gasteiger partial charge is 0.414 e. The highest BCUT2D eigenvalue weighted by molar-refractivity contribution is 5.88. The van der Waals surface area contributed by atoms with E-state index in [0.717, 1.165) is 17.5 Å². The van der Waals surface area contributed by atoms with E-state index in [0.29, 0.717) is 6.54 Å². The molecule has 0 saturated heterocycles. The van der Waals surface area contributed by atoms with Gasteiger partial charge in [0.25, 0.3) is 0 Å². The van der Waals surface area contributed by atoms with Gasteiger partial charge in [-0.2, -0.15) is 0 Å². The van der Waals surface area contributed by atoms with Gasteiger partial charge in [0.15, 0.2) is 0 Å². The summed E-state index contributed by atoms with van der Waals surface area (Å²) in [6.07, 6.45) is 0.650. The summed E-state index contributed by atoms with van der Waals surface area (Å²) < 4.78 is 5.35. The minimum atomic E-state index is -0.554. The summed E-state index contributed by atoms with van der Waals surface area (Å²) in [5.74, 6) is 0. The van der Waals surface area contributed by atoms with Crippen molar-refractivity contribution < 1.29 is 14.3 Å². The van der Waals surface area contributed by atoms with Crippen LogP contribution in [0, 0.1) is 6.92 Å². The molecule has 0 fully saturated rings. The molecule has 1 amide bonds. The van der Waals surface area contributed by atoms with Gasteiger partial charge in [0.05, 0.1) is 0 Å². The number of aldehydes is 1. The van der Waals surface area contributed by atoms with Crippen LogP contribution >= 0.6 is 0 Å². The third-order valence-corrected chi connectivity index (χ3v) is 2.43. The normalized spacial score (nSPS) is 10.9. The van der Waals surface area contributed by atoms with Crippen molar-refractivity contribution in [3.8, 4) is 0 Å². The maximum Gasteiger partial charge on any atom is 0.414 e. The minimum absolute atomic E-state index is 0.285. The number of hydrogen-bond donors (Lipinski definition) is 0. The topological polar surface area (TPSA) is 46.6 Å². The van der Waals surface area contributed by atoms with Crippen molar-refractivity contribution in [1.82, 2.24) is 0 Å². The lowest BCUT2D eigenvalue weighted by molar-refractivity contribution is -0.107. The molecule has 4 heteroatoms. The molecule has 0 atom stereocenters. The Morgan fingerprint density at radius 1 is 1.26 bits per heavy atom. The van der Waals surface area contributed by atoms with Crippen LogP contribution in [0.25, 0.3) is 0 Å². The summed E-state index contributed by atoms with van der Waals surface area (Å²) in [6, 6.07) is 7.55. The maximum absolute atomic E-state index is 12.1. The molecule has 0 heterocycles. The number of anilines is 1. The Morgan fingerprint density at radius 3 is 2.32 bits per heavy atom. The number of carbonyl (C=O) groups excluding carboxylic acids is 2. The molecule has 0 aliphatic carbocycles. The molecule has 1 rings (SSSR count). The predicted molar refractivity (Wildman–Crippen MR) is 75.4 cm³/mol. The van der Waals surface area contributed by atoms with Crippen LogP contribution in [-0.2, 0) is 9.53 Å². The summed E-state index contributed by atoms with van der Waals surface area (Å²) >= 11 is 0. The van der Waals surface area contributed by atoms with Crippen LogP contribution in [-0.4, -0.2) is 24.5 Å². The van der Waals surface area contributed by atoms with Crippen molar-refractivity contribution in [2.45, 2.75) is 39.7 Å². The molecular formula is C15H21NO3. The van der Waals surface area contributed by atoms with E-state index >= 15 is 0 Å². The van der Waals surface area contributed by atoms with Gasteiger partial charge in [-0.3, -0.25) is 4.90 Å². The van der Waals surface area contributed by atoms with Crippen molar-refractivity contribution in [3.05, 3.63) is 29.8 Å². The molecule has 0 aromatic heterocycles. The highest BCUT2D eigenvalue weighted by atomic mass is 16.6. The number of rotatable bonds is 4. The molecule has 0 saturated carbocycles. The fourth-order valence-corrected chi connectivity index (χ4v) is 1.55. The molecule has 0 N–H and O–H groups in total. The quantitative estimate of drug-likeness (QED) is 0.783. The van der Waals surface area contributed by atoms with E-state index in [1.54, 1.807) is 0 Å². The molecule has 0 bridgehead atoms. The largest absolute Gasteiger partial charge is 0.443 e. The molecule has 1 aromatic rings. The van der Waals surface area contributed by atoms with Crippen LogP contribution in [0.4, 0.5) is 10.5 Å². The van der Waals surface area contributed by atoms with Gasteiger partial charge in [-0.1, -0.05) is 17.7 Å². The predicted octanol–water partition coefficient (Wildman–Crippen LogP) is 3.33. The molecule has 0 unspecified atom stereocenters. The third-order valence-electron chi connectivity index (χ3n) is 2.43. The number of ether oxygens (including phenoxy) is 1.